The fourth-order valence-corrected chi connectivity index (χ4v) is 5.48. The van der Waals surface area contributed by atoms with Gasteiger partial charge in [-0.25, -0.2) is 4.79 Å². The molecule has 1 aromatic rings. The minimum Gasteiger partial charge on any atom is -0.467 e. The van der Waals surface area contributed by atoms with E-state index in [0.717, 1.165) is 28.7 Å². The zero-order valence-electron chi connectivity index (χ0n) is 15.3. The second-order valence-electron chi connectivity index (χ2n) is 6.97. The fourth-order valence-electron chi connectivity index (χ4n) is 3.96. The van der Waals surface area contributed by atoms with Crippen LogP contribution in [0.3, 0.4) is 0 Å². The standard InChI is InChI=1S/C17H15N3O8S/c1-17(28-20(25)26)7-29-15-10(14(23)19(15)11(17)16(24)27-2)18-12(21)8-5-3-4-6-9(8)13(18)22/h3-6,10-11,15H,7H2,1-2H3/t10?,11?,15-,17-/m1/s1. The summed E-state index contributed by atoms with van der Waals surface area (Å²) in [5, 5.41) is 9.16. The largest absolute Gasteiger partial charge is 0.467 e. The van der Waals surface area contributed by atoms with Crippen molar-refractivity contribution < 1.29 is 33.8 Å². The monoisotopic (exact) mass is 421 g/mol. The lowest BCUT2D eigenvalue weighted by Gasteiger charge is -2.57. The van der Waals surface area contributed by atoms with Crippen molar-refractivity contribution in [2.75, 3.05) is 12.9 Å². The van der Waals surface area contributed by atoms with Crippen LogP contribution in [0.25, 0.3) is 0 Å². The molecule has 11 nitrogen and oxygen atoms in total. The molecule has 0 spiro atoms. The van der Waals surface area contributed by atoms with Crippen LogP contribution in [0.1, 0.15) is 27.6 Å². The quantitative estimate of drug-likeness (QED) is 0.217. The predicted molar refractivity (Wildman–Crippen MR) is 96.1 cm³/mol. The molecule has 3 aliphatic heterocycles. The van der Waals surface area contributed by atoms with Gasteiger partial charge < -0.3 is 14.5 Å². The Morgan fingerprint density at radius 1 is 1.24 bits per heavy atom. The molecule has 2 saturated heterocycles. The Labute approximate surface area is 168 Å². The normalized spacial score (nSPS) is 30.4. The third kappa shape index (κ3) is 2.58. The number of carbonyl (C=O) groups excluding carboxylic acids is 4. The van der Waals surface area contributed by atoms with Crippen LogP contribution < -0.4 is 0 Å². The maximum Gasteiger partial charge on any atom is 0.331 e. The van der Waals surface area contributed by atoms with Gasteiger partial charge in [0.05, 0.1) is 18.2 Å². The van der Waals surface area contributed by atoms with E-state index in [0.29, 0.717) is 0 Å². The van der Waals surface area contributed by atoms with Crippen LogP contribution in [-0.2, 0) is 19.2 Å². The van der Waals surface area contributed by atoms with Gasteiger partial charge >= 0.3 is 5.97 Å². The van der Waals surface area contributed by atoms with Gasteiger partial charge in [-0.05, 0) is 19.1 Å². The van der Waals surface area contributed by atoms with Crippen molar-refractivity contribution in [3.63, 3.8) is 0 Å². The van der Waals surface area contributed by atoms with Gasteiger partial charge in [-0.15, -0.1) is 21.9 Å². The minimum atomic E-state index is -1.64. The number of carbonyl (C=O) groups is 4. The number of imide groups is 1. The number of methoxy groups -OCH3 is 1. The molecule has 4 atom stereocenters. The Kier molecular flexibility index (Phi) is 4.26. The van der Waals surface area contributed by atoms with E-state index >= 15 is 0 Å². The molecule has 0 radical (unpaired) electrons. The average molecular weight is 421 g/mol. The van der Waals surface area contributed by atoms with Crippen LogP contribution in [0.2, 0.25) is 0 Å². The van der Waals surface area contributed by atoms with Crippen molar-refractivity contribution in [3.8, 4) is 0 Å². The molecule has 0 bridgehead atoms. The van der Waals surface area contributed by atoms with Gasteiger partial charge in [0.2, 0.25) is 0 Å². The minimum absolute atomic E-state index is 0.0259. The molecular weight excluding hydrogens is 406 g/mol. The first-order chi connectivity index (χ1) is 13.7. The number of benzene rings is 1. The molecule has 12 heteroatoms. The van der Waals surface area contributed by atoms with E-state index in [1.54, 1.807) is 12.1 Å². The van der Waals surface area contributed by atoms with Crippen molar-refractivity contribution >= 4 is 35.5 Å². The molecule has 1 aromatic carbocycles. The average Bonchev–Trinajstić information content (AvgIpc) is 2.92. The van der Waals surface area contributed by atoms with Crippen LogP contribution in [0.5, 0.6) is 0 Å². The zero-order valence-corrected chi connectivity index (χ0v) is 16.1. The van der Waals surface area contributed by atoms with Crippen LogP contribution in [0, 0.1) is 10.1 Å². The summed E-state index contributed by atoms with van der Waals surface area (Å²) in [6.07, 6.45) is 0. The second kappa shape index (κ2) is 6.44. The van der Waals surface area contributed by atoms with Crippen molar-refractivity contribution in [1.29, 1.82) is 0 Å². The van der Waals surface area contributed by atoms with Crippen molar-refractivity contribution in [2.24, 2.45) is 0 Å². The smallest absolute Gasteiger partial charge is 0.331 e. The van der Waals surface area contributed by atoms with E-state index in [2.05, 4.69) is 0 Å². The molecular formula is C17H15N3O8S. The number of thioether (sulfide) groups is 1. The number of hydrogen-bond acceptors (Lipinski definition) is 9. The summed E-state index contributed by atoms with van der Waals surface area (Å²) in [7, 11) is 1.09. The van der Waals surface area contributed by atoms with Crippen LogP contribution in [0.15, 0.2) is 24.3 Å². The van der Waals surface area contributed by atoms with Crippen LogP contribution >= 0.6 is 11.8 Å². The van der Waals surface area contributed by atoms with E-state index in [1.807, 2.05) is 0 Å². The molecule has 3 amide bonds. The topological polar surface area (TPSA) is 136 Å². The number of amides is 3. The molecule has 3 aliphatic rings. The third-order valence-corrected chi connectivity index (χ3v) is 6.83. The molecule has 0 aliphatic carbocycles. The summed E-state index contributed by atoms with van der Waals surface area (Å²) >= 11 is 1.10. The van der Waals surface area contributed by atoms with Crippen LogP contribution in [0.4, 0.5) is 0 Å². The Bertz CT molecular complexity index is 933. The van der Waals surface area contributed by atoms with Gasteiger partial charge in [-0.2, -0.15) is 0 Å². The number of hydrogen-bond donors (Lipinski definition) is 0. The number of ether oxygens (including phenoxy) is 1. The molecule has 29 heavy (non-hydrogen) atoms. The Morgan fingerprint density at radius 3 is 2.34 bits per heavy atom. The van der Waals surface area contributed by atoms with Gasteiger partial charge in [0.15, 0.2) is 11.6 Å². The predicted octanol–water partition coefficient (Wildman–Crippen LogP) is 0.0749. The first-order valence-corrected chi connectivity index (χ1v) is 9.58. The highest BCUT2D eigenvalue weighted by Crippen LogP contribution is 2.47. The zero-order chi connectivity index (χ0) is 21.1. The first kappa shape index (κ1) is 19.2. The van der Waals surface area contributed by atoms with Crippen LogP contribution in [-0.4, -0.2) is 74.5 Å². The van der Waals surface area contributed by atoms with Gasteiger partial charge in [-0.3, -0.25) is 19.3 Å². The van der Waals surface area contributed by atoms with Gasteiger partial charge in [0.25, 0.3) is 22.8 Å². The van der Waals surface area contributed by atoms with E-state index in [9.17, 15) is 29.3 Å². The Morgan fingerprint density at radius 2 is 1.83 bits per heavy atom. The summed E-state index contributed by atoms with van der Waals surface area (Å²) in [6.45, 7) is 1.34. The van der Waals surface area contributed by atoms with Crippen molar-refractivity contribution in [1.82, 2.24) is 9.80 Å². The highest BCUT2D eigenvalue weighted by Gasteiger charge is 2.66. The van der Waals surface area contributed by atoms with E-state index in [-0.39, 0.29) is 16.9 Å². The summed E-state index contributed by atoms with van der Waals surface area (Å²) < 4.78 is 4.73. The molecule has 0 saturated carbocycles. The number of rotatable bonds is 4. The number of esters is 1. The molecule has 152 valence electrons. The van der Waals surface area contributed by atoms with E-state index < -0.39 is 51.8 Å². The number of nitrogens with zero attached hydrogens (tertiary/aromatic N) is 3. The van der Waals surface area contributed by atoms with Crippen molar-refractivity contribution in [2.45, 2.75) is 30.0 Å². The molecule has 0 aromatic heterocycles. The SMILES string of the molecule is COC(=O)C1N2C(=O)C(N3C(=O)c4ccccc4C3=O)[C@H]2SC[C@@]1(C)O[N+](=O)[O-]. The van der Waals surface area contributed by atoms with Gasteiger partial charge in [0, 0.05) is 5.75 Å². The summed E-state index contributed by atoms with van der Waals surface area (Å²) in [4.78, 5) is 68.4. The summed E-state index contributed by atoms with van der Waals surface area (Å²) in [6, 6.07) is 3.74. The van der Waals surface area contributed by atoms with Crippen molar-refractivity contribution in [3.05, 3.63) is 45.5 Å². The Balaban J connectivity index is 1.66. The lowest BCUT2D eigenvalue weighted by molar-refractivity contribution is -0.779. The number of fused-ring (bicyclic) bond motifs is 2. The molecule has 2 fully saturated rings. The van der Waals surface area contributed by atoms with E-state index in [1.165, 1.54) is 19.1 Å². The lowest BCUT2D eigenvalue weighted by Crippen LogP contribution is -2.79. The van der Waals surface area contributed by atoms with Gasteiger partial charge in [0.1, 0.15) is 11.4 Å². The third-order valence-electron chi connectivity index (χ3n) is 5.26. The maximum absolute atomic E-state index is 13.0. The highest BCUT2D eigenvalue weighted by molar-refractivity contribution is 8.00. The number of β-lactam (4-membered cyclic amide) rings is 1. The lowest BCUT2D eigenvalue weighted by atomic mass is 9.90. The van der Waals surface area contributed by atoms with E-state index in [4.69, 9.17) is 9.57 Å². The molecule has 4 rings (SSSR count). The molecule has 3 heterocycles. The summed E-state index contributed by atoms with van der Waals surface area (Å²) in [5.41, 5.74) is -1.23. The molecule has 0 N–H and O–H groups in total. The Hall–Kier alpha value is -3.15. The fraction of sp³-hybridized carbons (Fsp3) is 0.412. The molecule has 2 unspecified atom stereocenters. The summed E-state index contributed by atoms with van der Waals surface area (Å²) in [5.74, 6) is -2.76. The first-order valence-electron chi connectivity index (χ1n) is 8.53. The highest BCUT2D eigenvalue weighted by atomic mass is 32.2. The second-order valence-corrected chi connectivity index (χ2v) is 8.08. The van der Waals surface area contributed by atoms with Gasteiger partial charge in [-0.1, -0.05) is 12.1 Å². The maximum atomic E-state index is 13.0.